The molecule has 0 aliphatic carbocycles. The minimum atomic E-state index is -0.208. The Labute approximate surface area is 161 Å². The molecule has 2 aromatic carbocycles. The Morgan fingerprint density at radius 1 is 1.08 bits per heavy atom. The van der Waals surface area contributed by atoms with Gasteiger partial charge < -0.3 is 14.8 Å². The molecule has 0 saturated heterocycles. The molecule has 0 aromatic heterocycles. The highest BCUT2D eigenvalue weighted by atomic mass is 79.9. The van der Waals surface area contributed by atoms with Crippen molar-refractivity contribution in [2.75, 3.05) is 14.2 Å². The Hall–Kier alpha value is -1.66. The molecule has 6 heteroatoms. The van der Waals surface area contributed by atoms with Crippen LogP contribution >= 0.6 is 27.7 Å². The summed E-state index contributed by atoms with van der Waals surface area (Å²) < 4.78 is 11.7. The lowest BCUT2D eigenvalue weighted by Gasteiger charge is -2.20. The zero-order valence-electron chi connectivity index (χ0n) is 14.7. The summed E-state index contributed by atoms with van der Waals surface area (Å²) in [6, 6.07) is 13.3. The molecule has 2 rings (SSSR count). The number of methoxy groups -OCH3 is 2. The largest absolute Gasteiger partial charge is 0.497 e. The van der Waals surface area contributed by atoms with Crippen LogP contribution in [0.3, 0.4) is 0 Å². The molecule has 4 nitrogen and oxygen atoms in total. The van der Waals surface area contributed by atoms with E-state index in [-0.39, 0.29) is 17.2 Å². The number of carbonyl (C=O) groups is 1. The predicted molar refractivity (Wildman–Crippen MR) is 106 cm³/mol. The fourth-order valence-electron chi connectivity index (χ4n) is 2.36. The fourth-order valence-corrected chi connectivity index (χ4v) is 3.50. The predicted octanol–water partition coefficient (Wildman–Crippen LogP) is 4.82. The van der Waals surface area contributed by atoms with Gasteiger partial charge in [0.25, 0.3) is 0 Å². The Balaban J connectivity index is 2.05. The van der Waals surface area contributed by atoms with Crippen LogP contribution in [0.15, 0.2) is 51.8 Å². The van der Waals surface area contributed by atoms with E-state index in [1.165, 1.54) is 11.8 Å². The van der Waals surface area contributed by atoms with Crippen LogP contribution in [0.5, 0.6) is 11.5 Å². The molecule has 1 amide bonds. The number of nitrogens with one attached hydrogen (secondary N) is 1. The van der Waals surface area contributed by atoms with Crippen molar-refractivity contribution in [1.29, 1.82) is 0 Å². The van der Waals surface area contributed by atoms with E-state index in [2.05, 4.69) is 21.2 Å². The van der Waals surface area contributed by atoms with Gasteiger partial charge in [-0.15, -0.1) is 11.8 Å². The molecule has 0 aliphatic rings. The minimum Gasteiger partial charge on any atom is -0.497 e. The third-order valence-corrected chi connectivity index (χ3v) is 5.40. The molecule has 1 N–H and O–H groups in total. The van der Waals surface area contributed by atoms with Gasteiger partial charge in [-0.25, -0.2) is 0 Å². The van der Waals surface area contributed by atoms with E-state index in [9.17, 15) is 4.79 Å². The summed E-state index contributed by atoms with van der Waals surface area (Å²) in [5, 5.41) is 2.84. The zero-order valence-corrected chi connectivity index (χ0v) is 17.1. The van der Waals surface area contributed by atoms with Crippen molar-refractivity contribution in [3.63, 3.8) is 0 Å². The maximum Gasteiger partial charge on any atom is 0.233 e. The van der Waals surface area contributed by atoms with E-state index in [0.717, 1.165) is 26.4 Å². The first kappa shape index (κ1) is 19.7. The van der Waals surface area contributed by atoms with Crippen molar-refractivity contribution in [3.05, 3.63) is 52.5 Å². The summed E-state index contributed by atoms with van der Waals surface area (Å²) in [6.07, 6.45) is 0. The molecular formula is C19H22BrNO3S. The lowest BCUT2D eigenvalue weighted by molar-refractivity contribution is -0.120. The number of ether oxygens (including phenoxy) is 2. The van der Waals surface area contributed by atoms with Crippen LogP contribution in [-0.4, -0.2) is 25.4 Å². The maximum atomic E-state index is 12.5. The van der Waals surface area contributed by atoms with Crippen LogP contribution in [0.2, 0.25) is 0 Å². The summed E-state index contributed by atoms with van der Waals surface area (Å²) in [5.41, 5.74) is 0.885. The number of hydrogen-bond acceptors (Lipinski definition) is 4. The van der Waals surface area contributed by atoms with Gasteiger partial charge in [-0.2, -0.15) is 0 Å². The topological polar surface area (TPSA) is 47.6 Å². The highest BCUT2D eigenvalue weighted by Gasteiger charge is 2.20. The second-order valence-electron chi connectivity index (χ2n) is 5.55. The van der Waals surface area contributed by atoms with E-state index in [1.807, 2.05) is 56.3 Å². The number of thioether (sulfide) groups is 1. The second-order valence-corrected chi connectivity index (χ2v) is 7.88. The van der Waals surface area contributed by atoms with Crippen molar-refractivity contribution >= 4 is 33.6 Å². The molecule has 0 radical (unpaired) electrons. The van der Waals surface area contributed by atoms with E-state index in [1.54, 1.807) is 14.2 Å². The first-order valence-electron chi connectivity index (χ1n) is 7.89. The first-order chi connectivity index (χ1) is 11.9. The number of amides is 1. The summed E-state index contributed by atoms with van der Waals surface area (Å²) in [6.45, 7) is 3.84. The van der Waals surface area contributed by atoms with Gasteiger partial charge >= 0.3 is 0 Å². The van der Waals surface area contributed by atoms with E-state index in [4.69, 9.17) is 9.47 Å². The third kappa shape index (κ3) is 5.41. The highest BCUT2D eigenvalue weighted by Crippen LogP contribution is 2.30. The van der Waals surface area contributed by atoms with Crippen LogP contribution in [-0.2, 0) is 4.79 Å². The summed E-state index contributed by atoms with van der Waals surface area (Å²) in [7, 11) is 3.23. The molecule has 2 atom stereocenters. The quantitative estimate of drug-likeness (QED) is 0.648. The zero-order chi connectivity index (χ0) is 18.4. The Morgan fingerprint density at radius 2 is 1.76 bits per heavy atom. The van der Waals surface area contributed by atoms with Crippen LogP contribution in [0.25, 0.3) is 0 Å². The van der Waals surface area contributed by atoms with Crippen LogP contribution in [0.4, 0.5) is 0 Å². The van der Waals surface area contributed by atoms with Gasteiger partial charge in [0.1, 0.15) is 11.5 Å². The Morgan fingerprint density at radius 3 is 2.36 bits per heavy atom. The molecule has 0 aliphatic heterocycles. The molecule has 0 bridgehead atoms. The molecule has 0 heterocycles. The van der Waals surface area contributed by atoms with Crippen molar-refractivity contribution in [3.8, 4) is 11.5 Å². The molecule has 25 heavy (non-hydrogen) atoms. The van der Waals surface area contributed by atoms with Gasteiger partial charge in [-0.3, -0.25) is 4.79 Å². The maximum absolute atomic E-state index is 12.5. The van der Waals surface area contributed by atoms with Gasteiger partial charge in [0.2, 0.25) is 5.91 Å². The smallest absolute Gasteiger partial charge is 0.233 e. The molecule has 0 fully saturated rings. The molecule has 2 aromatic rings. The third-order valence-electron chi connectivity index (χ3n) is 3.76. The van der Waals surface area contributed by atoms with Crippen molar-refractivity contribution < 1.29 is 14.3 Å². The first-order valence-corrected chi connectivity index (χ1v) is 9.56. The van der Waals surface area contributed by atoms with Crippen LogP contribution < -0.4 is 14.8 Å². The van der Waals surface area contributed by atoms with Gasteiger partial charge in [0.05, 0.1) is 25.5 Å². The minimum absolute atomic E-state index is 0.0229. The van der Waals surface area contributed by atoms with Crippen LogP contribution in [0, 0.1) is 0 Å². The molecule has 134 valence electrons. The van der Waals surface area contributed by atoms with Crippen molar-refractivity contribution in [2.45, 2.75) is 30.0 Å². The number of carbonyl (C=O) groups excluding carboxylic acids is 1. The normalized spacial score (nSPS) is 13.0. The summed E-state index contributed by atoms with van der Waals surface area (Å²) >= 11 is 4.94. The number of halogens is 1. The summed E-state index contributed by atoms with van der Waals surface area (Å²) in [5.74, 6) is 1.43. The summed E-state index contributed by atoms with van der Waals surface area (Å²) in [4.78, 5) is 13.6. The van der Waals surface area contributed by atoms with Crippen molar-refractivity contribution in [1.82, 2.24) is 5.32 Å². The van der Waals surface area contributed by atoms with E-state index < -0.39 is 0 Å². The lowest BCUT2D eigenvalue weighted by atomic mass is 10.1. The van der Waals surface area contributed by atoms with Gasteiger partial charge in [0.15, 0.2) is 0 Å². The number of benzene rings is 2. The SMILES string of the molecule is COc1ccc(OC)c(C(C)NC(=O)C(C)Sc2ccc(Br)cc2)c1. The van der Waals surface area contributed by atoms with Gasteiger partial charge in [-0.1, -0.05) is 15.9 Å². The molecule has 0 saturated carbocycles. The van der Waals surface area contributed by atoms with Crippen molar-refractivity contribution in [2.24, 2.45) is 0 Å². The van der Waals surface area contributed by atoms with E-state index in [0.29, 0.717) is 0 Å². The second kappa shape index (κ2) is 9.15. The Bertz CT molecular complexity index is 721. The van der Waals surface area contributed by atoms with Crippen LogP contribution in [0.1, 0.15) is 25.5 Å². The van der Waals surface area contributed by atoms with E-state index >= 15 is 0 Å². The average Bonchev–Trinajstić information content (AvgIpc) is 2.62. The molecule has 2 unspecified atom stereocenters. The fraction of sp³-hybridized carbons (Fsp3) is 0.316. The monoisotopic (exact) mass is 423 g/mol. The van der Waals surface area contributed by atoms with Gasteiger partial charge in [-0.05, 0) is 56.3 Å². The standard InChI is InChI=1S/C19H22BrNO3S/c1-12(17-11-15(23-3)7-10-18(17)24-4)21-19(22)13(2)25-16-8-5-14(20)6-9-16/h5-13H,1-4H3,(H,21,22). The lowest BCUT2D eigenvalue weighted by Crippen LogP contribution is -2.33. The number of hydrogen-bond donors (Lipinski definition) is 1. The highest BCUT2D eigenvalue weighted by molar-refractivity contribution is 9.10. The molecule has 0 spiro atoms. The van der Waals surface area contributed by atoms with Gasteiger partial charge in [0, 0.05) is 14.9 Å². The molecular weight excluding hydrogens is 402 g/mol. The average molecular weight is 424 g/mol. The Kier molecular flexibility index (Phi) is 7.20. The number of rotatable bonds is 7.